The third-order valence-electron chi connectivity index (χ3n) is 4.09. The average molecular weight is 266 g/mol. The molecule has 0 atom stereocenters. The lowest BCUT2D eigenvalue weighted by Crippen LogP contribution is -2.05. The molecule has 2 aromatic rings. The van der Waals surface area contributed by atoms with E-state index in [1.165, 1.54) is 43.2 Å². The lowest BCUT2D eigenvalue weighted by molar-refractivity contribution is 0.444. The fourth-order valence-electron chi connectivity index (χ4n) is 3.15. The zero-order valence-electron chi connectivity index (χ0n) is 12.8. The molecule has 20 heavy (non-hydrogen) atoms. The first kappa shape index (κ1) is 14.8. The number of hydrogen-bond donors (Lipinski definition) is 0. The smallest absolute Gasteiger partial charge is 0.0149 e. The van der Waals surface area contributed by atoms with Crippen LogP contribution in [-0.4, -0.2) is 0 Å². The quantitative estimate of drug-likeness (QED) is 0.587. The van der Waals surface area contributed by atoms with Gasteiger partial charge in [0.05, 0.1) is 0 Å². The molecular formula is C20H26. The maximum atomic E-state index is 2.33. The van der Waals surface area contributed by atoms with Gasteiger partial charge in [0, 0.05) is 0 Å². The number of benzene rings is 2. The molecule has 0 radical (unpaired) electrons. The Bertz CT molecular complexity index is 492. The van der Waals surface area contributed by atoms with Crippen molar-refractivity contribution in [3.8, 4) is 11.1 Å². The van der Waals surface area contributed by atoms with Gasteiger partial charge in [0.25, 0.3) is 0 Å². The van der Waals surface area contributed by atoms with E-state index in [1.807, 2.05) is 13.8 Å². The van der Waals surface area contributed by atoms with Gasteiger partial charge >= 0.3 is 0 Å². The minimum Gasteiger partial charge on any atom is -0.0683 e. The summed E-state index contributed by atoms with van der Waals surface area (Å²) in [6.07, 6.45) is 6.94. The van der Waals surface area contributed by atoms with Gasteiger partial charge in [0.15, 0.2) is 0 Å². The van der Waals surface area contributed by atoms with Crippen molar-refractivity contribution in [2.45, 2.75) is 51.9 Å². The van der Waals surface area contributed by atoms with Crippen molar-refractivity contribution in [2.75, 3.05) is 0 Å². The van der Waals surface area contributed by atoms with Crippen LogP contribution in [0.15, 0.2) is 54.6 Å². The highest BCUT2D eigenvalue weighted by Crippen LogP contribution is 2.37. The normalized spacial score (nSPS) is 15.3. The van der Waals surface area contributed by atoms with Gasteiger partial charge in [0.2, 0.25) is 0 Å². The first-order valence-corrected chi connectivity index (χ1v) is 8.09. The summed E-state index contributed by atoms with van der Waals surface area (Å²) in [5, 5.41) is 0. The topological polar surface area (TPSA) is 0 Å². The summed E-state index contributed by atoms with van der Waals surface area (Å²) >= 11 is 0. The maximum Gasteiger partial charge on any atom is -0.0149 e. The summed E-state index contributed by atoms with van der Waals surface area (Å²) in [7, 11) is 0. The molecule has 1 saturated carbocycles. The molecule has 0 saturated heterocycles. The highest BCUT2D eigenvalue weighted by atomic mass is 14.2. The molecular weight excluding hydrogens is 240 g/mol. The van der Waals surface area contributed by atoms with E-state index in [0.29, 0.717) is 0 Å². The van der Waals surface area contributed by atoms with Crippen LogP contribution in [0.2, 0.25) is 0 Å². The molecule has 0 aliphatic heterocycles. The molecule has 0 nitrogen and oxygen atoms in total. The van der Waals surface area contributed by atoms with Crippen molar-refractivity contribution >= 4 is 0 Å². The van der Waals surface area contributed by atoms with Gasteiger partial charge in [-0.1, -0.05) is 87.7 Å². The standard InChI is InChI=1S/C18H20.C2H6/c1-3-9-15(10-4-1)17-13-7-8-14-18(17)16-11-5-2-6-12-16;1-2/h1,3-4,7-10,13-14,16H,2,5-6,11-12H2;1-2H3. The van der Waals surface area contributed by atoms with Gasteiger partial charge < -0.3 is 0 Å². The molecule has 1 aliphatic rings. The summed E-state index contributed by atoms with van der Waals surface area (Å²) in [6.45, 7) is 4.00. The van der Waals surface area contributed by atoms with Crippen LogP contribution in [0.25, 0.3) is 11.1 Å². The second-order valence-corrected chi connectivity index (χ2v) is 5.29. The fraction of sp³-hybridized carbons (Fsp3) is 0.400. The van der Waals surface area contributed by atoms with Crippen molar-refractivity contribution in [1.82, 2.24) is 0 Å². The molecule has 0 heterocycles. The second-order valence-electron chi connectivity index (χ2n) is 5.29. The summed E-state index contributed by atoms with van der Waals surface area (Å²) in [6, 6.07) is 19.8. The predicted molar refractivity (Wildman–Crippen MR) is 89.1 cm³/mol. The SMILES string of the molecule is CC.c1ccc(-c2ccccc2C2CCCCC2)cc1. The van der Waals surface area contributed by atoms with Gasteiger partial charge in [-0.15, -0.1) is 0 Å². The predicted octanol–water partition coefficient (Wildman–Crippen LogP) is 6.43. The minimum atomic E-state index is 0.773. The van der Waals surface area contributed by atoms with Gasteiger partial charge in [-0.2, -0.15) is 0 Å². The molecule has 106 valence electrons. The fourth-order valence-corrected chi connectivity index (χ4v) is 3.15. The highest BCUT2D eigenvalue weighted by molar-refractivity contribution is 5.68. The summed E-state index contributed by atoms with van der Waals surface area (Å²) in [5.41, 5.74) is 4.35. The Kier molecular flexibility index (Phi) is 5.86. The van der Waals surface area contributed by atoms with Crippen molar-refractivity contribution in [1.29, 1.82) is 0 Å². The van der Waals surface area contributed by atoms with E-state index in [2.05, 4.69) is 54.6 Å². The van der Waals surface area contributed by atoms with Crippen LogP contribution in [0.5, 0.6) is 0 Å². The minimum absolute atomic E-state index is 0.773. The van der Waals surface area contributed by atoms with Crippen molar-refractivity contribution in [2.24, 2.45) is 0 Å². The first-order valence-electron chi connectivity index (χ1n) is 8.09. The van der Waals surface area contributed by atoms with E-state index >= 15 is 0 Å². The van der Waals surface area contributed by atoms with Crippen LogP contribution in [0.4, 0.5) is 0 Å². The zero-order valence-corrected chi connectivity index (χ0v) is 12.8. The van der Waals surface area contributed by atoms with E-state index in [0.717, 1.165) is 5.92 Å². The summed E-state index contributed by atoms with van der Waals surface area (Å²) in [5.74, 6) is 0.773. The van der Waals surface area contributed by atoms with Gasteiger partial charge in [-0.25, -0.2) is 0 Å². The molecule has 0 N–H and O–H groups in total. The molecule has 0 amide bonds. The lowest BCUT2D eigenvalue weighted by atomic mass is 9.81. The third-order valence-corrected chi connectivity index (χ3v) is 4.09. The molecule has 0 heteroatoms. The number of rotatable bonds is 2. The average Bonchev–Trinajstić information content (AvgIpc) is 2.58. The Morgan fingerprint density at radius 3 is 2.00 bits per heavy atom. The molecule has 1 fully saturated rings. The van der Waals surface area contributed by atoms with Gasteiger partial charge in [-0.05, 0) is 35.4 Å². The Labute approximate surface area is 123 Å². The zero-order chi connectivity index (χ0) is 14.2. The van der Waals surface area contributed by atoms with Crippen molar-refractivity contribution in [3.63, 3.8) is 0 Å². The molecule has 0 spiro atoms. The molecule has 0 bridgehead atoms. The van der Waals surface area contributed by atoms with E-state index < -0.39 is 0 Å². The van der Waals surface area contributed by atoms with Crippen LogP contribution >= 0.6 is 0 Å². The third kappa shape index (κ3) is 3.50. The van der Waals surface area contributed by atoms with Crippen molar-refractivity contribution < 1.29 is 0 Å². The largest absolute Gasteiger partial charge is 0.0683 e. The Morgan fingerprint density at radius 2 is 1.30 bits per heavy atom. The van der Waals surface area contributed by atoms with Gasteiger partial charge in [-0.3, -0.25) is 0 Å². The molecule has 1 aliphatic carbocycles. The van der Waals surface area contributed by atoms with Gasteiger partial charge in [0.1, 0.15) is 0 Å². The molecule has 0 aromatic heterocycles. The number of hydrogen-bond acceptors (Lipinski definition) is 0. The lowest BCUT2D eigenvalue weighted by Gasteiger charge is -2.24. The highest BCUT2D eigenvalue weighted by Gasteiger charge is 2.18. The van der Waals surface area contributed by atoms with E-state index in [9.17, 15) is 0 Å². The van der Waals surface area contributed by atoms with Crippen LogP contribution < -0.4 is 0 Å². The van der Waals surface area contributed by atoms with E-state index in [4.69, 9.17) is 0 Å². The van der Waals surface area contributed by atoms with Crippen LogP contribution in [0.3, 0.4) is 0 Å². The second kappa shape index (κ2) is 7.89. The summed E-state index contributed by atoms with van der Waals surface area (Å²) in [4.78, 5) is 0. The Hall–Kier alpha value is -1.56. The molecule has 3 rings (SSSR count). The van der Waals surface area contributed by atoms with Crippen LogP contribution in [-0.2, 0) is 0 Å². The van der Waals surface area contributed by atoms with Crippen LogP contribution in [0, 0.1) is 0 Å². The molecule has 0 unspecified atom stereocenters. The first-order chi connectivity index (χ1) is 9.95. The van der Waals surface area contributed by atoms with Crippen molar-refractivity contribution in [3.05, 3.63) is 60.2 Å². The van der Waals surface area contributed by atoms with Crippen LogP contribution in [0.1, 0.15) is 57.4 Å². The van der Waals surface area contributed by atoms with E-state index in [1.54, 1.807) is 5.56 Å². The Balaban J connectivity index is 0.000000704. The Morgan fingerprint density at radius 1 is 0.700 bits per heavy atom. The van der Waals surface area contributed by atoms with E-state index in [-0.39, 0.29) is 0 Å². The summed E-state index contributed by atoms with van der Waals surface area (Å²) < 4.78 is 0. The maximum absolute atomic E-state index is 2.33. The molecule has 2 aromatic carbocycles. The monoisotopic (exact) mass is 266 g/mol.